The number of ether oxygens (including phenoxy) is 2. The van der Waals surface area contributed by atoms with Crippen LogP contribution in [0.4, 0.5) is 5.69 Å². The SMILES string of the molecule is COc1ccc(NC2=C(c3ccc(OCC(C)C)cc3)C(=O)N(Cc3ccccc3)C2=O)cc1. The first-order chi connectivity index (χ1) is 16.5. The molecule has 3 aromatic carbocycles. The molecule has 4 rings (SSSR count). The molecule has 2 amide bonds. The Hall–Kier alpha value is -4.06. The van der Waals surface area contributed by atoms with Crippen LogP contribution in [0.15, 0.2) is 84.6 Å². The summed E-state index contributed by atoms with van der Waals surface area (Å²) in [6.45, 7) is 4.97. The number of rotatable bonds is 9. The fraction of sp³-hybridized carbons (Fsp3) is 0.214. The van der Waals surface area contributed by atoms with Crippen LogP contribution in [0.25, 0.3) is 5.57 Å². The van der Waals surface area contributed by atoms with Crippen molar-refractivity contribution in [2.24, 2.45) is 5.92 Å². The summed E-state index contributed by atoms with van der Waals surface area (Å²) in [6, 6.07) is 24.0. The van der Waals surface area contributed by atoms with E-state index in [1.807, 2.05) is 66.7 Å². The fourth-order valence-corrected chi connectivity index (χ4v) is 3.67. The Labute approximate surface area is 199 Å². The predicted molar refractivity (Wildman–Crippen MR) is 132 cm³/mol. The number of carbonyl (C=O) groups is 2. The number of nitrogens with one attached hydrogen (secondary N) is 1. The van der Waals surface area contributed by atoms with E-state index in [1.165, 1.54) is 4.90 Å². The predicted octanol–water partition coefficient (Wildman–Crippen LogP) is 5.12. The third-order valence-electron chi connectivity index (χ3n) is 5.44. The number of hydrogen-bond acceptors (Lipinski definition) is 5. The molecule has 1 heterocycles. The van der Waals surface area contributed by atoms with Crippen molar-refractivity contribution < 1.29 is 19.1 Å². The monoisotopic (exact) mass is 456 g/mol. The Bertz CT molecular complexity index is 1180. The summed E-state index contributed by atoms with van der Waals surface area (Å²) in [5, 5.41) is 3.17. The van der Waals surface area contributed by atoms with Crippen molar-refractivity contribution in [3.05, 3.63) is 95.7 Å². The van der Waals surface area contributed by atoms with Crippen molar-refractivity contribution in [1.29, 1.82) is 0 Å². The second kappa shape index (κ2) is 10.3. The maximum Gasteiger partial charge on any atom is 0.278 e. The first-order valence-corrected chi connectivity index (χ1v) is 11.2. The van der Waals surface area contributed by atoms with Gasteiger partial charge in [-0.25, -0.2) is 0 Å². The zero-order valence-electron chi connectivity index (χ0n) is 19.6. The average Bonchev–Trinajstić information content (AvgIpc) is 3.08. The molecule has 0 saturated heterocycles. The Morgan fingerprint density at radius 3 is 2.09 bits per heavy atom. The third kappa shape index (κ3) is 5.12. The number of anilines is 1. The minimum Gasteiger partial charge on any atom is -0.497 e. The van der Waals surface area contributed by atoms with Crippen molar-refractivity contribution in [2.75, 3.05) is 19.0 Å². The first-order valence-electron chi connectivity index (χ1n) is 11.2. The minimum absolute atomic E-state index is 0.200. The highest BCUT2D eigenvalue weighted by Crippen LogP contribution is 2.32. The zero-order chi connectivity index (χ0) is 24.1. The average molecular weight is 457 g/mol. The van der Waals surface area contributed by atoms with Crippen LogP contribution in [0.3, 0.4) is 0 Å². The van der Waals surface area contributed by atoms with Gasteiger partial charge in [0.1, 0.15) is 17.2 Å². The molecule has 0 atom stereocenters. The topological polar surface area (TPSA) is 67.9 Å². The standard InChI is InChI=1S/C28H28N2O4/c1-19(2)18-34-24-13-9-21(10-14-24)25-26(29-22-11-15-23(33-3)16-12-22)28(32)30(27(25)31)17-20-7-5-4-6-8-20/h4-16,19,29H,17-18H2,1-3H3. The normalized spacial score (nSPS) is 13.6. The molecule has 0 unspecified atom stereocenters. The van der Waals surface area contributed by atoms with Crippen LogP contribution in [-0.2, 0) is 16.1 Å². The minimum atomic E-state index is -0.361. The zero-order valence-corrected chi connectivity index (χ0v) is 19.6. The van der Waals surface area contributed by atoms with Crippen molar-refractivity contribution in [1.82, 2.24) is 4.90 Å². The van der Waals surface area contributed by atoms with Gasteiger partial charge in [0, 0.05) is 5.69 Å². The highest BCUT2D eigenvalue weighted by molar-refractivity contribution is 6.36. The molecular formula is C28H28N2O4. The van der Waals surface area contributed by atoms with E-state index < -0.39 is 0 Å². The highest BCUT2D eigenvalue weighted by atomic mass is 16.5. The summed E-state index contributed by atoms with van der Waals surface area (Å²) in [5.41, 5.74) is 2.82. The highest BCUT2D eigenvalue weighted by Gasteiger charge is 2.39. The van der Waals surface area contributed by atoms with Crippen molar-refractivity contribution in [3.63, 3.8) is 0 Å². The van der Waals surface area contributed by atoms with Crippen molar-refractivity contribution >= 4 is 23.1 Å². The molecule has 0 fully saturated rings. The molecule has 6 nitrogen and oxygen atoms in total. The lowest BCUT2D eigenvalue weighted by Crippen LogP contribution is -2.31. The van der Waals surface area contributed by atoms with E-state index in [-0.39, 0.29) is 24.1 Å². The summed E-state index contributed by atoms with van der Waals surface area (Å²) in [5.74, 6) is 1.14. The molecule has 1 aliphatic heterocycles. The molecule has 0 radical (unpaired) electrons. The Morgan fingerprint density at radius 2 is 1.47 bits per heavy atom. The van der Waals surface area contributed by atoms with Crippen LogP contribution in [-0.4, -0.2) is 30.4 Å². The molecule has 3 aromatic rings. The number of carbonyl (C=O) groups excluding carboxylic acids is 2. The maximum atomic E-state index is 13.5. The number of benzene rings is 3. The molecule has 174 valence electrons. The largest absolute Gasteiger partial charge is 0.497 e. The van der Waals surface area contributed by atoms with E-state index in [2.05, 4.69) is 19.2 Å². The number of methoxy groups -OCH3 is 1. The molecule has 34 heavy (non-hydrogen) atoms. The van der Waals surface area contributed by atoms with E-state index in [4.69, 9.17) is 9.47 Å². The second-order valence-electron chi connectivity index (χ2n) is 8.51. The lowest BCUT2D eigenvalue weighted by Gasteiger charge is -2.15. The van der Waals surface area contributed by atoms with Crippen LogP contribution in [0.5, 0.6) is 11.5 Å². The van der Waals surface area contributed by atoms with Gasteiger partial charge in [0.05, 0.1) is 25.8 Å². The molecule has 6 heteroatoms. The third-order valence-corrected chi connectivity index (χ3v) is 5.44. The Balaban J connectivity index is 1.67. The van der Waals surface area contributed by atoms with Crippen LogP contribution in [0, 0.1) is 5.92 Å². The van der Waals surface area contributed by atoms with Gasteiger partial charge in [-0.1, -0.05) is 56.3 Å². The van der Waals surface area contributed by atoms with E-state index in [9.17, 15) is 9.59 Å². The van der Waals surface area contributed by atoms with E-state index in [0.717, 1.165) is 11.3 Å². The molecule has 0 aliphatic carbocycles. The van der Waals surface area contributed by atoms with Crippen LogP contribution < -0.4 is 14.8 Å². The fourth-order valence-electron chi connectivity index (χ4n) is 3.67. The van der Waals surface area contributed by atoms with Crippen molar-refractivity contribution in [2.45, 2.75) is 20.4 Å². The number of hydrogen-bond donors (Lipinski definition) is 1. The number of imide groups is 1. The van der Waals surface area contributed by atoms with Gasteiger partial charge in [-0.3, -0.25) is 14.5 Å². The smallest absolute Gasteiger partial charge is 0.278 e. The summed E-state index contributed by atoms with van der Waals surface area (Å²) in [7, 11) is 1.60. The quantitative estimate of drug-likeness (QED) is 0.453. The Kier molecular flexibility index (Phi) is 6.97. The number of nitrogens with zero attached hydrogens (tertiary/aromatic N) is 1. The summed E-state index contributed by atoms with van der Waals surface area (Å²) in [6.07, 6.45) is 0. The van der Waals surface area contributed by atoms with Crippen LogP contribution in [0.2, 0.25) is 0 Å². The lowest BCUT2D eigenvalue weighted by molar-refractivity contribution is -0.137. The summed E-state index contributed by atoms with van der Waals surface area (Å²) < 4.78 is 11.0. The second-order valence-corrected chi connectivity index (χ2v) is 8.51. The summed E-state index contributed by atoms with van der Waals surface area (Å²) >= 11 is 0. The van der Waals surface area contributed by atoms with Crippen LogP contribution in [0.1, 0.15) is 25.0 Å². The molecule has 0 spiro atoms. The van der Waals surface area contributed by atoms with Crippen molar-refractivity contribution in [3.8, 4) is 11.5 Å². The van der Waals surface area contributed by atoms with E-state index >= 15 is 0 Å². The van der Waals surface area contributed by atoms with Crippen LogP contribution >= 0.6 is 0 Å². The van der Waals surface area contributed by atoms with Gasteiger partial charge in [-0.2, -0.15) is 0 Å². The molecule has 0 aromatic heterocycles. The van der Waals surface area contributed by atoms with Gasteiger partial charge in [0.15, 0.2) is 0 Å². The van der Waals surface area contributed by atoms with Gasteiger partial charge < -0.3 is 14.8 Å². The molecular weight excluding hydrogens is 428 g/mol. The maximum absolute atomic E-state index is 13.5. The van der Waals surface area contributed by atoms with Gasteiger partial charge in [-0.05, 0) is 53.4 Å². The van der Waals surface area contributed by atoms with Gasteiger partial charge in [0.2, 0.25) is 0 Å². The molecule has 0 saturated carbocycles. The van der Waals surface area contributed by atoms with E-state index in [1.54, 1.807) is 19.2 Å². The molecule has 1 aliphatic rings. The molecule has 1 N–H and O–H groups in total. The number of amides is 2. The lowest BCUT2D eigenvalue weighted by atomic mass is 10.0. The first kappa shape index (κ1) is 23.1. The van der Waals surface area contributed by atoms with E-state index in [0.29, 0.717) is 35.1 Å². The van der Waals surface area contributed by atoms with Gasteiger partial charge in [0.25, 0.3) is 11.8 Å². The van der Waals surface area contributed by atoms with Gasteiger partial charge >= 0.3 is 0 Å². The molecule has 0 bridgehead atoms. The summed E-state index contributed by atoms with van der Waals surface area (Å²) in [4.78, 5) is 28.2. The van der Waals surface area contributed by atoms with Gasteiger partial charge in [-0.15, -0.1) is 0 Å². The Morgan fingerprint density at radius 1 is 0.824 bits per heavy atom.